The van der Waals surface area contributed by atoms with E-state index in [1.54, 1.807) is 0 Å². The van der Waals surface area contributed by atoms with Crippen molar-refractivity contribution in [3.8, 4) is 0 Å². The first-order chi connectivity index (χ1) is 14.2. The smallest absolute Gasteiger partial charge is 0.225 e. The fraction of sp³-hybridized carbons (Fsp3) is 0.680. The lowest BCUT2D eigenvalue weighted by Crippen LogP contribution is -2.41. The van der Waals surface area contributed by atoms with Crippen LogP contribution < -0.4 is 5.32 Å². The maximum atomic E-state index is 12.6. The number of piperidine rings is 1. The molecular weight excluding hydrogens is 360 g/mol. The van der Waals surface area contributed by atoms with Crippen LogP contribution in [-0.4, -0.2) is 36.3 Å². The van der Waals surface area contributed by atoms with E-state index in [1.165, 1.54) is 36.8 Å². The minimum atomic E-state index is 0.180. The summed E-state index contributed by atoms with van der Waals surface area (Å²) in [5, 5.41) is 3.04. The Balaban J connectivity index is 1.16. The van der Waals surface area contributed by atoms with Gasteiger partial charge < -0.3 is 10.2 Å². The summed E-state index contributed by atoms with van der Waals surface area (Å²) in [5.41, 5.74) is 2.62. The Morgan fingerprint density at radius 2 is 1.52 bits per heavy atom. The zero-order valence-electron chi connectivity index (χ0n) is 17.7. The molecule has 0 atom stereocenters. The molecule has 1 aromatic rings. The number of carbonyl (C=O) groups is 2. The Hall–Kier alpha value is -1.84. The Bertz CT molecular complexity index is 681. The summed E-state index contributed by atoms with van der Waals surface area (Å²) in [6, 6.07) is 8.82. The van der Waals surface area contributed by atoms with Gasteiger partial charge in [0, 0.05) is 32.0 Å². The summed E-state index contributed by atoms with van der Waals surface area (Å²) in [5.74, 6) is 2.34. The van der Waals surface area contributed by atoms with E-state index in [-0.39, 0.29) is 5.91 Å². The first-order valence-electron chi connectivity index (χ1n) is 11.8. The Labute approximate surface area is 175 Å². The van der Waals surface area contributed by atoms with Gasteiger partial charge in [0.15, 0.2) is 0 Å². The average molecular weight is 397 g/mol. The summed E-state index contributed by atoms with van der Waals surface area (Å²) >= 11 is 0. The fourth-order valence-electron chi connectivity index (χ4n) is 4.89. The minimum Gasteiger partial charge on any atom is -0.356 e. The van der Waals surface area contributed by atoms with Gasteiger partial charge in [-0.3, -0.25) is 9.59 Å². The fourth-order valence-corrected chi connectivity index (χ4v) is 4.89. The molecule has 4 rings (SSSR count). The molecular formula is C25H36N2O2. The number of hydrogen-bond donors (Lipinski definition) is 1. The second kappa shape index (κ2) is 9.77. The van der Waals surface area contributed by atoms with Crippen molar-refractivity contribution in [2.24, 2.45) is 17.8 Å². The van der Waals surface area contributed by atoms with Crippen molar-refractivity contribution in [3.05, 3.63) is 35.4 Å². The summed E-state index contributed by atoms with van der Waals surface area (Å²) in [7, 11) is 0. The van der Waals surface area contributed by atoms with Crippen LogP contribution in [0.25, 0.3) is 0 Å². The van der Waals surface area contributed by atoms with Gasteiger partial charge in [-0.25, -0.2) is 0 Å². The highest BCUT2D eigenvalue weighted by Gasteiger charge is 2.30. The number of hydrogen-bond acceptors (Lipinski definition) is 2. The summed E-state index contributed by atoms with van der Waals surface area (Å²) in [6.45, 7) is 2.74. The number of benzene rings is 1. The third-order valence-electron chi connectivity index (χ3n) is 7.10. The van der Waals surface area contributed by atoms with E-state index in [1.807, 2.05) is 0 Å². The molecule has 0 spiro atoms. The monoisotopic (exact) mass is 396 g/mol. The number of likely N-dealkylation sites (tertiary alicyclic amines) is 1. The summed E-state index contributed by atoms with van der Waals surface area (Å²) in [6.07, 6.45) is 12.0. The van der Waals surface area contributed by atoms with Gasteiger partial charge in [0.05, 0.1) is 0 Å². The second-order valence-electron chi connectivity index (χ2n) is 9.52. The van der Waals surface area contributed by atoms with E-state index in [0.717, 1.165) is 64.1 Å². The lowest BCUT2D eigenvalue weighted by molar-refractivity contribution is -0.136. The predicted octanol–water partition coefficient (Wildman–Crippen LogP) is 4.12. The van der Waals surface area contributed by atoms with Gasteiger partial charge in [0.25, 0.3) is 0 Å². The van der Waals surface area contributed by atoms with E-state index in [9.17, 15) is 9.59 Å². The van der Waals surface area contributed by atoms with E-state index in [4.69, 9.17) is 0 Å². The number of amides is 2. The van der Waals surface area contributed by atoms with Crippen LogP contribution >= 0.6 is 0 Å². The zero-order valence-corrected chi connectivity index (χ0v) is 17.7. The van der Waals surface area contributed by atoms with Gasteiger partial charge in [-0.2, -0.15) is 0 Å². The lowest BCUT2D eigenvalue weighted by atomic mass is 9.89. The third-order valence-corrected chi connectivity index (χ3v) is 7.10. The predicted molar refractivity (Wildman–Crippen MR) is 115 cm³/mol. The minimum absolute atomic E-state index is 0.180. The summed E-state index contributed by atoms with van der Waals surface area (Å²) in [4.78, 5) is 26.6. The molecule has 0 unspecified atom stereocenters. The molecule has 1 aromatic carbocycles. The molecule has 1 aliphatic heterocycles. The average Bonchev–Trinajstić information content (AvgIpc) is 3.42. The molecule has 0 aromatic heterocycles. The summed E-state index contributed by atoms with van der Waals surface area (Å²) < 4.78 is 0. The SMILES string of the molecule is O=C(CCc1ccc(CC2CCN(C(=O)C3CCCC3)CC2)cc1)NCC1CC1. The molecule has 1 N–H and O–H groups in total. The van der Waals surface area contributed by atoms with Crippen molar-refractivity contribution < 1.29 is 9.59 Å². The number of aryl methyl sites for hydroxylation is 1. The van der Waals surface area contributed by atoms with E-state index in [2.05, 4.69) is 34.5 Å². The van der Waals surface area contributed by atoms with Gasteiger partial charge in [-0.1, -0.05) is 37.1 Å². The van der Waals surface area contributed by atoms with Crippen molar-refractivity contribution in [1.82, 2.24) is 10.2 Å². The first kappa shape index (κ1) is 20.4. The van der Waals surface area contributed by atoms with Gasteiger partial charge in [-0.15, -0.1) is 0 Å². The zero-order chi connectivity index (χ0) is 20.1. The number of nitrogens with one attached hydrogen (secondary N) is 1. The van der Waals surface area contributed by atoms with Crippen molar-refractivity contribution in [1.29, 1.82) is 0 Å². The molecule has 0 bridgehead atoms. The Morgan fingerprint density at radius 1 is 0.862 bits per heavy atom. The molecule has 0 radical (unpaired) electrons. The van der Waals surface area contributed by atoms with Crippen LogP contribution in [0.3, 0.4) is 0 Å². The van der Waals surface area contributed by atoms with Crippen LogP contribution in [0, 0.1) is 17.8 Å². The number of carbonyl (C=O) groups excluding carboxylic acids is 2. The van der Waals surface area contributed by atoms with Crippen molar-refractivity contribution >= 4 is 11.8 Å². The molecule has 2 amide bonds. The van der Waals surface area contributed by atoms with Crippen molar-refractivity contribution in [2.75, 3.05) is 19.6 Å². The van der Waals surface area contributed by atoms with Crippen LogP contribution in [-0.2, 0) is 22.4 Å². The van der Waals surface area contributed by atoms with Crippen LogP contribution in [0.15, 0.2) is 24.3 Å². The molecule has 4 heteroatoms. The number of nitrogens with zero attached hydrogens (tertiary/aromatic N) is 1. The van der Waals surface area contributed by atoms with Gasteiger partial charge in [0.2, 0.25) is 11.8 Å². The van der Waals surface area contributed by atoms with E-state index < -0.39 is 0 Å². The second-order valence-corrected chi connectivity index (χ2v) is 9.52. The molecule has 158 valence electrons. The number of rotatable bonds is 8. The largest absolute Gasteiger partial charge is 0.356 e. The molecule has 2 saturated carbocycles. The third kappa shape index (κ3) is 6.07. The molecule has 3 fully saturated rings. The molecule has 1 saturated heterocycles. The highest BCUT2D eigenvalue weighted by Crippen LogP contribution is 2.29. The molecule has 29 heavy (non-hydrogen) atoms. The lowest BCUT2D eigenvalue weighted by Gasteiger charge is -2.33. The first-order valence-corrected chi connectivity index (χ1v) is 11.8. The quantitative estimate of drug-likeness (QED) is 0.719. The van der Waals surface area contributed by atoms with Crippen LogP contribution in [0.2, 0.25) is 0 Å². The van der Waals surface area contributed by atoms with Crippen LogP contribution in [0.4, 0.5) is 0 Å². The van der Waals surface area contributed by atoms with Crippen molar-refractivity contribution in [3.63, 3.8) is 0 Å². The molecule has 4 nitrogen and oxygen atoms in total. The highest BCUT2D eigenvalue weighted by atomic mass is 16.2. The Morgan fingerprint density at radius 3 is 2.17 bits per heavy atom. The standard InChI is InChI=1S/C25H36N2O2/c28-24(26-18-22-9-10-22)12-11-19-5-7-20(8-6-19)17-21-13-15-27(16-14-21)25(29)23-3-1-2-4-23/h5-8,21-23H,1-4,9-18H2,(H,26,28). The molecule has 3 aliphatic rings. The Kier molecular flexibility index (Phi) is 6.89. The van der Waals surface area contributed by atoms with Crippen molar-refractivity contribution in [2.45, 2.75) is 70.6 Å². The highest BCUT2D eigenvalue weighted by molar-refractivity contribution is 5.79. The van der Waals surface area contributed by atoms with Crippen LogP contribution in [0.1, 0.15) is 68.9 Å². The molecule has 1 heterocycles. The molecule has 2 aliphatic carbocycles. The van der Waals surface area contributed by atoms with E-state index >= 15 is 0 Å². The normalized spacial score (nSPS) is 20.8. The van der Waals surface area contributed by atoms with Gasteiger partial charge in [0.1, 0.15) is 0 Å². The maximum absolute atomic E-state index is 12.6. The van der Waals surface area contributed by atoms with Crippen LogP contribution in [0.5, 0.6) is 0 Å². The maximum Gasteiger partial charge on any atom is 0.225 e. The van der Waals surface area contributed by atoms with Gasteiger partial charge in [-0.05, 0) is 74.3 Å². The van der Waals surface area contributed by atoms with Gasteiger partial charge >= 0.3 is 0 Å². The topological polar surface area (TPSA) is 49.4 Å². The van der Waals surface area contributed by atoms with E-state index in [0.29, 0.717) is 24.2 Å².